The van der Waals surface area contributed by atoms with Crippen molar-refractivity contribution in [1.82, 2.24) is 5.32 Å². The Labute approximate surface area is 62.5 Å². The zero-order valence-corrected chi connectivity index (χ0v) is 6.40. The first-order chi connectivity index (χ1) is 4.88. The zero-order valence-electron chi connectivity index (χ0n) is 6.40. The van der Waals surface area contributed by atoms with Crippen LogP contribution >= 0.6 is 0 Å². The van der Waals surface area contributed by atoms with Gasteiger partial charge >= 0.3 is 0 Å². The summed E-state index contributed by atoms with van der Waals surface area (Å²) in [4.78, 5) is 0. The lowest BCUT2D eigenvalue weighted by molar-refractivity contribution is 0.395. The molecule has 1 aliphatic carbocycles. The van der Waals surface area contributed by atoms with Gasteiger partial charge in [-0.25, -0.2) is 0 Å². The highest BCUT2D eigenvalue weighted by atomic mass is 14.9. The quantitative estimate of drug-likeness (QED) is 0.501. The van der Waals surface area contributed by atoms with E-state index in [0.29, 0.717) is 0 Å². The van der Waals surface area contributed by atoms with E-state index in [9.17, 15) is 0 Å². The summed E-state index contributed by atoms with van der Waals surface area (Å²) in [5.74, 6) is 0.828. The van der Waals surface area contributed by atoms with Gasteiger partial charge in [-0.15, -0.1) is 0 Å². The molecule has 2 unspecified atom stereocenters. The SMILES string of the molecule is C=C1CCNC2CCCC12. The molecule has 0 radical (unpaired) electrons. The second-order valence-corrected chi connectivity index (χ2v) is 3.51. The molecule has 0 spiro atoms. The van der Waals surface area contributed by atoms with Crippen LogP contribution in [0.4, 0.5) is 0 Å². The molecule has 1 heteroatoms. The third-order valence-corrected chi connectivity index (χ3v) is 2.89. The second kappa shape index (κ2) is 2.39. The molecule has 56 valence electrons. The van der Waals surface area contributed by atoms with E-state index in [1.54, 1.807) is 0 Å². The average molecular weight is 137 g/mol. The molecule has 0 aromatic heterocycles. The van der Waals surface area contributed by atoms with E-state index in [2.05, 4.69) is 11.9 Å². The van der Waals surface area contributed by atoms with Crippen molar-refractivity contribution in [1.29, 1.82) is 0 Å². The van der Waals surface area contributed by atoms with Crippen LogP contribution in [0.5, 0.6) is 0 Å². The summed E-state index contributed by atoms with van der Waals surface area (Å²) in [6.45, 7) is 5.28. The molecule has 10 heavy (non-hydrogen) atoms. The largest absolute Gasteiger partial charge is 0.313 e. The van der Waals surface area contributed by atoms with Crippen LogP contribution in [0.25, 0.3) is 0 Å². The first-order valence-electron chi connectivity index (χ1n) is 4.29. The van der Waals surface area contributed by atoms with Crippen molar-refractivity contribution in [2.24, 2.45) is 5.92 Å². The van der Waals surface area contributed by atoms with Gasteiger partial charge in [-0.2, -0.15) is 0 Å². The first-order valence-corrected chi connectivity index (χ1v) is 4.29. The fraction of sp³-hybridized carbons (Fsp3) is 0.778. The monoisotopic (exact) mass is 137 g/mol. The molecule has 1 aliphatic heterocycles. The maximum absolute atomic E-state index is 4.12. The van der Waals surface area contributed by atoms with Crippen molar-refractivity contribution in [3.05, 3.63) is 12.2 Å². The Morgan fingerprint density at radius 1 is 1.40 bits per heavy atom. The molecule has 1 nitrogen and oxygen atoms in total. The van der Waals surface area contributed by atoms with Crippen molar-refractivity contribution in [2.45, 2.75) is 31.7 Å². The van der Waals surface area contributed by atoms with E-state index in [0.717, 1.165) is 12.0 Å². The van der Waals surface area contributed by atoms with Crippen LogP contribution < -0.4 is 5.32 Å². The highest BCUT2D eigenvalue weighted by Gasteiger charge is 2.31. The van der Waals surface area contributed by atoms with E-state index in [1.165, 1.54) is 37.8 Å². The van der Waals surface area contributed by atoms with Gasteiger partial charge in [0.15, 0.2) is 0 Å². The van der Waals surface area contributed by atoms with E-state index in [4.69, 9.17) is 0 Å². The predicted molar refractivity (Wildman–Crippen MR) is 42.9 cm³/mol. The van der Waals surface area contributed by atoms with E-state index >= 15 is 0 Å². The van der Waals surface area contributed by atoms with Gasteiger partial charge in [-0.3, -0.25) is 0 Å². The number of nitrogens with one attached hydrogen (secondary N) is 1. The van der Waals surface area contributed by atoms with Gasteiger partial charge in [0.25, 0.3) is 0 Å². The number of fused-ring (bicyclic) bond motifs is 1. The third kappa shape index (κ3) is 0.891. The highest BCUT2D eigenvalue weighted by molar-refractivity contribution is 5.11. The van der Waals surface area contributed by atoms with Crippen molar-refractivity contribution in [3.63, 3.8) is 0 Å². The molecule has 2 atom stereocenters. The molecule has 1 saturated heterocycles. The minimum atomic E-state index is 0.793. The second-order valence-electron chi connectivity index (χ2n) is 3.51. The van der Waals surface area contributed by atoms with E-state index in [-0.39, 0.29) is 0 Å². The normalized spacial score (nSPS) is 39.8. The molecule has 0 amide bonds. The Balaban J connectivity index is 2.10. The van der Waals surface area contributed by atoms with E-state index < -0.39 is 0 Å². The number of piperidine rings is 1. The lowest BCUT2D eigenvalue weighted by atomic mass is 9.89. The molecule has 1 saturated carbocycles. The van der Waals surface area contributed by atoms with Crippen LogP contribution in [0.1, 0.15) is 25.7 Å². The van der Waals surface area contributed by atoms with E-state index in [1.807, 2.05) is 0 Å². The maximum atomic E-state index is 4.12. The van der Waals surface area contributed by atoms with Crippen molar-refractivity contribution in [3.8, 4) is 0 Å². The van der Waals surface area contributed by atoms with Crippen LogP contribution in [0.3, 0.4) is 0 Å². The summed E-state index contributed by atoms with van der Waals surface area (Å²) in [5, 5.41) is 3.55. The number of hydrogen-bond donors (Lipinski definition) is 1. The van der Waals surface area contributed by atoms with Gasteiger partial charge in [0.2, 0.25) is 0 Å². The van der Waals surface area contributed by atoms with Crippen molar-refractivity contribution in [2.75, 3.05) is 6.54 Å². The summed E-state index contributed by atoms with van der Waals surface area (Å²) in [5.41, 5.74) is 1.50. The topological polar surface area (TPSA) is 12.0 Å². The summed E-state index contributed by atoms with van der Waals surface area (Å²) >= 11 is 0. The first kappa shape index (κ1) is 6.41. The lowest BCUT2D eigenvalue weighted by Crippen LogP contribution is -2.38. The minimum absolute atomic E-state index is 0.793. The summed E-state index contributed by atoms with van der Waals surface area (Å²) in [6, 6.07) is 0.793. The van der Waals surface area contributed by atoms with Crippen LogP contribution in [0.2, 0.25) is 0 Å². The minimum Gasteiger partial charge on any atom is -0.313 e. The molecule has 2 fully saturated rings. The van der Waals surface area contributed by atoms with Gasteiger partial charge in [0.05, 0.1) is 0 Å². The molecule has 0 aromatic rings. The Bertz CT molecular complexity index is 151. The highest BCUT2D eigenvalue weighted by Crippen LogP contribution is 2.34. The molecule has 1 heterocycles. The van der Waals surface area contributed by atoms with Crippen molar-refractivity contribution >= 4 is 0 Å². The molecule has 2 rings (SSSR count). The van der Waals surface area contributed by atoms with Crippen molar-refractivity contribution < 1.29 is 0 Å². The Hall–Kier alpha value is -0.300. The summed E-state index contributed by atoms with van der Waals surface area (Å²) < 4.78 is 0. The summed E-state index contributed by atoms with van der Waals surface area (Å²) in [7, 11) is 0. The molecular weight excluding hydrogens is 122 g/mol. The van der Waals surface area contributed by atoms with Crippen LogP contribution in [-0.4, -0.2) is 12.6 Å². The smallest absolute Gasteiger partial charge is 0.0133 e. The van der Waals surface area contributed by atoms with Crippen LogP contribution in [0.15, 0.2) is 12.2 Å². The zero-order chi connectivity index (χ0) is 6.97. The van der Waals surface area contributed by atoms with Gasteiger partial charge in [0.1, 0.15) is 0 Å². The lowest BCUT2D eigenvalue weighted by Gasteiger charge is -2.28. The maximum Gasteiger partial charge on any atom is 0.0133 e. The Kier molecular flexibility index (Phi) is 1.53. The average Bonchev–Trinajstić information content (AvgIpc) is 2.36. The Morgan fingerprint density at radius 2 is 2.30 bits per heavy atom. The number of rotatable bonds is 0. The fourth-order valence-electron chi connectivity index (χ4n) is 2.30. The van der Waals surface area contributed by atoms with Gasteiger partial charge in [0, 0.05) is 6.04 Å². The predicted octanol–water partition coefficient (Wildman–Crippen LogP) is 1.70. The van der Waals surface area contributed by atoms with Gasteiger partial charge in [-0.1, -0.05) is 18.6 Å². The molecule has 0 bridgehead atoms. The molecular formula is C9H15N. The van der Waals surface area contributed by atoms with Crippen LogP contribution in [0, 0.1) is 5.92 Å². The molecule has 1 N–H and O–H groups in total. The van der Waals surface area contributed by atoms with Gasteiger partial charge in [-0.05, 0) is 31.7 Å². The fourth-order valence-corrected chi connectivity index (χ4v) is 2.30. The molecule has 2 aliphatic rings. The van der Waals surface area contributed by atoms with Gasteiger partial charge < -0.3 is 5.32 Å². The molecule has 0 aromatic carbocycles. The summed E-state index contributed by atoms with van der Waals surface area (Å²) in [6.07, 6.45) is 5.38. The number of hydrogen-bond acceptors (Lipinski definition) is 1. The third-order valence-electron chi connectivity index (χ3n) is 2.89. The Morgan fingerprint density at radius 3 is 3.10 bits per heavy atom. The van der Waals surface area contributed by atoms with Crippen LogP contribution in [-0.2, 0) is 0 Å². The standard InChI is InChI=1S/C9H15N/c1-7-5-6-10-9-4-2-3-8(7)9/h8-10H,1-6H2.